The standard InChI is InChI=1S/C23H24N6O4/c1-13-10-14(2)25-23(24-13)29-19(11-15(3)27-29)26-20(30)16-6-7-17-18(12-16)22(32)28(21(17)31)8-5-9-33-4/h6-7,10-12H,5,8-9H2,1-4H3,(H,26,30). The van der Waals surface area contributed by atoms with Crippen LogP contribution < -0.4 is 5.32 Å². The largest absolute Gasteiger partial charge is 0.385 e. The second-order valence-electron chi connectivity index (χ2n) is 7.86. The second kappa shape index (κ2) is 8.91. The fourth-order valence-electron chi connectivity index (χ4n) is 3.73. The average Bonchev–Trinajstić information content (AvgIpc) is 3.25. The number of carbonyl (C=O) groups is 3. The quantitative estimate of drug-likeness (QED) is 0.436. The van der Waals surface area contributed by atoms with Gasteiger partial charge < -0.3 is 10.1 Å². The zero-order valence-corrected chi connectivity index (χ0v) is 18.9. The molecule has 10 nitrogen and oxygen atoms in total. The Morgan fingerprint density at radius 1 is 0.970 bits per heavy atom. The van der Waals surface area contributed by atoms with Crippen LogP contribution in [0.15, 0.2) is 30.3 Å². The van der Waals surface area contributed by atoms with Crippen molar-refractivity contribution in [2.75, 3.05) is 25.6 Å². The highest BCUT2D eigenvalue weighted by molar-refractivity contribution is 6.22. The highest BCUT2D eigenvalue weighted by atomic mass is 16.5. The van der Waals surface area contributed by atoms with Crippen LogP contribution in [0.25, 0.3) is 5.95 Å². The van der Waals surface area contributed by atoms with Crippen LogP contribution in [0.2, 0.25) is 0 Å². The summed E-state index contributed by atoms with van der Waals surface area (Å²) in [5.74, 6) is -0.477. The molecule has 170 valence electrons. The third kappa shape index (κ3) is 4.37. The van der Waals surface area contributed by atoms with Crippen molar-refractivity contribution >= 4 is 23.5 Å². The number of methoxy groups -OCH3 is 1. The molecular weight excluding hydrogens is 424 g/mol. The summed E-state index contributed by atoms with van der Waals surface area (Å²) in [6, 6.07) is 8.04. The number of aromatic nitrogens is 4. The molecule has 1 aliphatic rings. The molecule has 33 heavy (non-hydrogen) atoms. The van der Waals surface area contributed by atoms with E-state index in [1.54, 1.807) is 20.1 Å². The van der Waals surface area contributed by atoms with Crippen molar-refractivity contribution in [2.45, 2.75) is 27.2 Å². The average molecular weight is 448 g/mol. The first-order valence-corrected chi connectivity index (χ1v) is 10.5. The van der Waals surface area contributed by atoms with Gasteiger partial charge in [0.25, 0.3) is 23.7 Å². The highest BCUT2D eigenvalue weighted by Gasteiger charge is 2.35. The Labute approximate surface area is 190 Å². The first-order valence-electron chi connectivity index (χ1n) is 10.5. The van der Waals surface area contributed by atoms with E-state index in [-0.39, 0.29) is 23.6 Å². The fraction of sp³-hybridized carbons (Fsp3) is 0.304. The molecule has 0 radical (unpaired) electrons. The Hall–Kier alpha value is -3.92. The normalized spacial score (nSPS) is 12.9. The predicted octanol–water partition coefficient (Wildman–Crippen LogP) is 2.47. The maximum Gasteiger partial charge on any atom is 0.261 e. The van der Waals surface area contributed by atoms with E-state index < -0.39 is 11.8 Å². The van der Waals surface area contributed by atoms with Crippen molar-refractivity contribution in [3.05, 3.63) is 64.1 Å². The third-order valence-corrected chi connectivity index (χ3v) is 5.20. The molecule has 0 atom stereocenters. The van der Waals surface area contributed by atoms with Gasteiger partial charge in [-0.1, -0.05) is 0 Å². The van der Waals surface area contributed by atoms with Crippen LogP contribution in [-0.2, 0) is 4.74 Å². The molecule has 3 heterocycles. The van der Waals surface area contributed by atoms with Crippen LogP contribution in [0.5, 0.6) is 0 Å². The number of fused-ring (bicyclic) bond motifs is 1. The molecule has 0 unspecified atom stereocenters. The number of amides is 3. The number of aryl methyl sites for hydroxylation is 3. The zero-order chi connectivity index (χ0) is 23.7. The van der Waals surface area contributed by atoms with E-state index in [0.717, 1.165) is 11.4 Å². The summed E-state index contributed by atoms with van der Waals surface area (Å²) < 4.78 is 6.46. The predicted molar refractivity (Wildman–Crippen MR) is 120 cm³/mol. The molecule has 0 fully saturated rings. The van der Waals surface area contributed by atoms with E-state index in [2.05, 4.69) is 20.4 Å². The van der Waals surface area contributed by atoms with E-state index in [9.17, 15) is 14.4 Å². The monoisotopic (exact) mass is 448 g/mol. The zero-order valence-electron chi connectivity index (χ0n) is 18.9. The lowest BCUT2D eigenvalue weighted by molar-refractivity contribution is 0.0638. The van der Waals surface area contributed by atoms with E-state index in [4.69, 9.17) is 4.74 Å². The SMILES string of the molecule is COCCCN1C(=O)c2ccc(C(=O)Nc3cc(C)nn3-c3nc(C)cc(C)n3)cc2C1=O. The van der Waals surface area contributed by atoms with Gasteiger partial charge >= 0.3 is 0 Å². The highest BCUT2D eigenvalue weighted by Crippen LogP contribution is 2.25. The lowest BCUT2D eigenvalue weighted by Gasteiger charge is -2.12. The minimum absolute atomic E-state index is 0.215. The summed E-state index contributed by atoms with van der Waals surface area (Å²) in [5.41, 5.74) is 2.99. The van der Waals surface area contributed by atoms with Crippen molar-refractivity contribution < 1.29 is 19.1 Å². The maximum absolute atomic E-state index is 13.0. The first kappa shape index (κ1) is 22.3. The molecule has 1 aromatic carbocycles. The number of ether oxygens (including phenoxy) is 1. The molecule has 2 aromatic heterocycles. The number of anilines is 1. The van der Waals surface area contributed by atoms with Gasteiger partial charge in [-0.2, -0.15) is 9.78 Å². The van der Waals surface area contributed by atoms with Crippen LogP contribution in [0.4, 0.5) is 5.82 Å². The van der Waals surface area contributed by atoms with E-state index >= 15 is 0 Å². The van der Waals surface area contributed by atoms with Crippen LogP contribution in [0, 0.1) is 20.8 Å². The molecule has 0 saturated heterocycles. The van der Waals surface area contributed by atoms with E-state index in [0.29, 0.717) is 36.1 Å². The molecule has 0 bridgehead atoms. The van der Waals surface area contributed by atoms with Crippen LogP contribution >= 0.6 is 0 Å². The molecule has 4 rings (SSSR count). The summed E-state index contributed by atoms with van der Waals surface area (Å²) in [7, 11) is 1.56. The number of rotatable bonds is 7. The molecule has 0 spiro atoms. The Kier molecular flexibility index (Phi) is 6.01. The van der Waals surface area contributed by atoms with Gasteiger partial charge in [0.2, 0.25) is 0 Å². The first-order chi connectivity index (χ1) is 15.8. The number of hydrogen-bond acceptors (Lipinski definition) is 7. The minimum atomic E-state index is -0.443. The van der Waals surface area contributed by atoms with E-state index in [1.165, 1.54) is 27.8 Å². The Balaban J connectivity index is 1.58. The van der Waals surface area contributed by atoms with Crippen LogP contribution in [0.3, 0.4) is 0 Å². The molecule has 1 N–H and O–H groups in total. The summed E-state index contributed by atoms with van der Waals surface area (Å²) in [4.78, 5) is 48.3. The van der Waals surface area contributed by atoms with Crippen LogP contribution in [0.1, 0.15) is 54.6 Å². The number of benzene rings is 1. The smallest absolute Gasteiger partial charge is 0.261 e. The molecule has 10 heteroatoms. The lowest BCUT2D eigenvalue weighted by Crippen LogP contribution is -2.31. The van der Waals surface area contributed by atoms with Crippen molar-refractivity contribution in [1.82, 2.24) is 24.6 Å². The van der Waals surface area contributed by atoms with Gasteiger partial charge in [0.15, 0.2) is 0 Å². The van der Waals surface area contributed by atoms with Gasteiger partial charge in [-0.3, -0.25) is 19.3 Å². The lowest BCUT2D eigenvalue weighted by atomic mass is 10.1. The molecule has 0 aliphatic carbocycles. The van der Waals surface area contributed by atoms with Gasteiger partial charge in [-0.15, -0.1) is 0 Å². The number of imide groups is 1. The van der Waals surface area contributed by atoms with E-state index in [1.807, 2.05) is 19.9 Å². The number of nitrogens with zero attached hydrogens (tertiary/aromatic N) is 5. The van der Waals surface area contributed by atoms with Gasteiger partial charge in [-0.05, 0) is 51.5 Å². The number of carbonyl (C=O) groups excluding carboxylic acids is 3. The summed E-state index contributed by atoms with van der Waals surface area (Å²) in [6.45, 7) is 6.21. The minimum Gasteiger partial charge on any atom is -0.385 e. The molecular formula is C23H24N6O4. The second-order valence-corrected chi connectivity index (χ2v) is 7.86. The van der Waals surface area contributed by atoms with Gasteiger partial charge in [0.05, 0.1) is 16.8 Å². The summed E-state index contributed by atoms with van der Waals surface area (Å²) >= 11 is 0. The third-order valence-electron chi connectivity index (χ3n) is 5.20. The number of hydrogen-bond donors (Lipinski definition) is 1. The van der Waals surface area contributed by atoms with Crippen molar-refractivity contribution in [3.8, 4) is 5.95 Å². The fourth-order valence-corrected chi connectivity index (χ4v) is 3.73. The van der Waals surface area contributed by atoms with Crippen LogP contribution in [-0.4, -0.2) is 62.6 Å². The van der Waals surface area contributed by atoms with Gasteiger partial charge in [0, 0.05) is 43.3 Å². The maximum atomic E-state index is 13.0. The molecule has 0 saturated carbocycles. The topological polar surface area (TPSA) is 119 Å². The summed E-state index contributed by atoms with van der Waals surface area (Å²) in [5, 5.41) is 7.21. The molecule has 3 aromatic rings. The Morgan fingerprint density at radius 2 is 1.67 bits per heavy atom. The van der Waals surface area contributed by atoms with Crippen molar-refractivity contribution in [2.24, 2.45) is 0 Å². The molecule has 3 amide bonds. The van der Waals surface area contributed by atoms with Gasteiger partial charge in [-0.25, -0.2) is 9.97 Å². The summed E-state index contributed by atoms with van der Waals surface area (Å²) in [6.07, 6.45) is 0.541. The van der Waals surface area contributed by atoms with Crippen molar-refractivity contribution in [1.29, 1.82) is 0 Å². The Morgan fingerprint density at radius 3 is 2.36 bits per heavy atom. The number of nitrogens with one attached hydrogen (secondary N) is 1. The van der Waals surface area contributed by atoms with Gasteiger partial charge in [0.1, 0.15) is 5.82 Å². The Bertz CT molecular complexity index is 1250. The molecule has 1 aliphatic heterocycles. The van der Waals surface area contributed by atoms with Crippen molar-refractivity contribution in [3.63, 3.8) is 0 Å².